The minimum Gasteiger partial charge on any atom is -0.475 e. The zero-order chi connectivity index (χ0) is 29.5. The monoisotopic (exact) mass is 570 g/mol. The maximum absolute atomic E-state index is 12.7. The van der Waals surface area contributed by atoms with Crippen LogP contribution in [0, 0.1) is 0 Å². The summed E-state index contributed by atoms with van der Waals surface area (Å²) in [6.45, 7) is 7.47. The average Bonchev–Trinajstić information content (AvgIpc) is 3.44. The number of aryl methyl sites for hydroxylation is 1. The summed E-state index contributed by atoms with van der Waals surface area (Å²) in [5, 5.41) is 14.2. The lowest BCUT2D eigenvalue weighted by Crippen LogP contribution is -2.43. The molecule has 2 aromatic rings. The lowest BCUT2D eigenvalue weighted by atomic mass is 10.3. The molecule has 2 N–H and O–H groups in total. The molecule has 4 rings (SSSR count). The van der Waals surface area contributed by atoms with E-state index >= 15 is 0 Å². The Bertz CT molecular complexity index is 1110. The Balaban J connectivity index is 0.000000317. The van der Waals surface area contributed by atoms with Crippen molar-refractivity contribution in [3.8, 4) is 0 Å². The molecule has 4 heterocycles. The summed E-state index contributed by atoms with van der Waals surface area (Å²) in [5.74, 6) is -4.43. The molecule has 1 saturated heterocycles. The number of aliphatic carboxylic acids is 2. The van der Waals surface area contributed by atoms with Gasteiger partial charge in [-0.2, -0.15) is 26.3 Å². The molecule has 0 spiro atoms. The quantitative estimate of drug-likeness (QED) is 0.537. The fraction of sp³-hybridized carbons (Fsp3) is 0.545. The molecular formula is C22H28F6N6O5. The molecule has 0 unspecified atom stereocenters. The number of carboxylic acid groups (broad SMARTS) is 2. The van der Waals surface area contributed by atoms with Crippen LogP contribution in [0.25, 0.3) is 0 Å². The third-order valence-corrected chi connectivity index (χ3v) is 5.77. The van der Waals surface area contributed by atoms with Gasteiger partial charge in [-0.15, -0.1) is 0 Å². The number of imidazole rings is 1. The molecule has 11 nitrogen and oxygen atoms in total. The molecule has 0 atom stereocenters. The second kappa shape index (κ2) is 13.0. The van der Waals surface area contributed by atoms with E-state index in [1.807, 2.05) is 34.8 Å². The van der Waals surface area contributed by atoms with Crippen LogP contribution >= 0.6 is 0 Å². The van der Waals surface area contributed by atoms with Crippen LogP contribution in [0.5, 0.6) is 0 Å². The highest BCUT2D eigenvalue weighted by Crippen LogP contribution is 2.17. The number of carbonyl (C=O) groups is 3. The van der Waals surface area contributed by atoms with E-state index in [-0.39, 0.29) is 5.91 Å². The van der Waals surface area contributed by atoms with Crippen molar-refractivity contribution in [2.45, 2.75) is 32.0 Å². The van der Waals surface area contributed by atoms with E-state index < -0.39 is 24.3 Å². The summed E-state index contributed by atoms with van der Waals surface area (Å²) in [6.07, 6.45) is -6.09. The molecular weight excluding hydrogens is 542 g/mol. The van der Waals surface area contributed by atoms with Crippen LogP contribution in [0.1, 0.15) is 22.0 Å². The van der Waals surface area contributed by atoms with E-state index in [0.29, 0.717) is 6.54 Å². The van der Waals surface area contributed by atoms with Gasteiger partial charge >= 0.3 is 24.3 Å². The van der Waals surface area contributed by atoms with Gasteiger partial charge in [-0.1, -0.05) is 0 Å². The van der Waals surface area contributed by atoms with Crippen LogP contribution in [0.15, 0.2) is 24.5 Å². The smallest absolute Gasteiger partial charge is 0.475 e. The van der Waals surface area contributed by atoms with E-state index in [0.717, 1.165) is 63.0 Å². The van der Waals surface area contributed by atoms with Gasteiger partial charge in [0.25, 0.3) is 5.91 Å². The van der Waals surface area contributed by atoms with Crippen molar-refractivity contribution < 1.29 is 50.9 Å². The van der Waals surface area contributed by atoms with Gasteiger partial charge < -0.3 is 29.1 Å². The predicted octanol–water partition coefficient (Wildman–Crippen LogP) is 1.89. The number of likely N-dealkylation sites (N-methyl/N-ethyl adjacent to an activating group) is 1. The minimum atomic E-state index is -5.08. The largest absolute Gasteiger partial charge is 0.490 e. The Kier molecular flexibility index (Phi) is 10.5. The van der Waals surface area contributed by atoms with Crippen molar-refractivity contribution in [2.24, 2.45) is 7.05 Å². The highest BCUT2D eigenvalue weighted by atomic mass is 19.4. The maximum atomic E-state index is 12.7. The standard InChI is InChI=1S/C18H26N6O.2C2HF3O2/c1-20-6-8-22(9-7-20)12-15-13-23-10-11-24(14-17(23)19-15)18(25)16-4-3-5-21(16)2;2*3-2(4,5)1(6)7/h3-5,13H,6-12,14H2,1-2H3;2*(H,6,7). The number of hydrogen-bond acceptors (Lipinski definition) is 6. The van der Waals surface area contributed by atoms with Crippen LogP contribution in [0.4, 0.5) is 26.3 Å². The first-order valence-corrected chi connectivity index (χ1v) is 11.5. The van der Waals surface area contributed by atoms with Crippen LogP contribution in [-0.4, -0.2) is 109 Å². The Morgan fingerprint density at radius 3 is 1.90 bits per heavy atom. The van der Waals surface area contributed by atoms with E-state index in [2.05, 4.69) is 27.6 Å². The van der Waals surface area contributed by atoms with Crippen LogP contribution < -0.4 is 0 Å². The fourth-order valence-electron chi connectivity index (χ4n) is 3.64. The number of rotatable bonds is 3. The van der Waals surface area contributed by atoms with Gasteiger partial charge in [0.1, 0.15) is 11.5 Å². The van der Waals surface area contributed by atoms with Gasteiger partial charge in [0.05, 0.1) is 12.2 Å². The van der Waals surface area contributed by atoms with Crippen LogP contribution in [0.2, 0.25) is 0 Å². The molecule has 0 bridgehead atoms. The highest BCUT2D eigenvalue weighted by molar-refractivity contribution is 5.92. The summed E-state index contributed by atoms with van der Waals surface area (Å²) < 4.78 is 67.6. The topological polar surface area (TPSA) is 124 Å². The van der Waals surface area contributed by atoms with E-state index in [9.17, 15) is 31.1 Å². The Morgan fingerprint density at radius 2 is 1.44 bits per heavy atom. The van der Waals surface area contributed by atoms with Crippen LogP contribution in [0.3, 0.4) is 0 Å². The molecule has 2 aliphatic rings. The van der Waals surface area contributed by atoms with E-state index in [4.69, 9.17) is 24.8 Å². The predicted molar refractivity (Wildman–Crippen MR) is 123 cm³/mol. The lowest BCUT2D eigenvalue weighted by Gasteiger charge is -2.31. The molecule has 1 amide bonds. The van der Waals surface area contributed by atoms with E-state index in [1.165, 1.54) is 0 Å². The molecule has 1 fully saturated rings. The molecule has 0 radical (unpaired) electrons. The Morgan fingerprint density at radius 1 is 0.897 bits per heavy atom. The zero-order valence-corrected chi connectivity index (χ0v) is 21.0. The number of carbonyl (C=O) groups excluding carboxylic acids is 1. The van der Waals surface area contributed by atoms with Gasteiger partial charge in [0.15, 0.2) is 0 Å². The van der Waals surface area contributed by atoms with Crippen molar-refractivity contribution in [1.82, 2.24) is 28.8 Å². The molecule has 218 valence electrons. The summed E-state index contributed by atoms with van der Waals surface area (Å²) in [4.78, 5) is 42.0. The van der Waals surface area contributed by atoms with Gasteiger partial charge in [0, 0.05) is 65.3 Å². The summed E-state index contributed by atoms with van der Waals surface area (Å²) in [5.41, 5.74) is 1.85. The lowest BCUT2D eigenvalue weighted by molar-refractivity contribution is -0.193. The van der Waals surface area contributed by atoms with E-state index in [1.54, 1.807) is 0 Å². The number of nitrogens with zero attached hydrogens (tertiary/aromatic N) is 6. The van der Waals surface area contributed by atoms with Gasteiger partial charge in [-0.25, -0.2) is 14.6 Å². The summed E-state index contributed by atoms with van der Waals surface area (Å²) in [7, 11) is 4.08. The third kappa shape index (κ3) is 9.58. The molecule has 0 aliphatic carbocycles. The normalized spacial score (nSPS) is 16.4. The molecule has 17 heteroatoms. The Hall–Kier alpha value is -3.60. The highest BCUT2D eigenvalue weighted by Gasteiger charge is 2.38. The average molecular weight is 570 g/mol. The number of carboxylic acids is 2. The number of piperazine rings is 1. The molecule has 0 saturated carbocycles. The number of fused-ring (bicyclic) bond motifs is 1. The maximum Gasteiger partial charge on any atom is 0.490 e. The van der Waals surface area contributed by atoms with Crippen molar-refractivity contribution in [3.63, 3.8) is 0 Å². The number of alkyl halides is 6. The first-order chi connectivity index (χ1) is 18.0. The second-order valence-electron chi connectivity index (χ2n) is 8.76. The van der Waals surface area contributed by atoms with Gasteiger partial charge in [-0.05, 0) is 19.2 Å². The Labute approximate surface area is 218 Å². The number of hydrogen-bond donors (Lipinski definition) is 2. The van der Waals surface area contributed by atoms with Gasteiger partial charge in [-0.3, -0.25) is 9.69 Å². The summed E-state index contributed by atoms with van der Waals surface area (Å²) >= 11 is 0. The van der Waals surface area contributed by atoms with Crippen molar-refractivity contribution >= 4 is 17.8 Å². The van der Waals surface area contributed by atoms with Gasteiger partial charge in [0.2, 0.25) is 0 Å². The first kappa shape index (κ1) is 31.6. The SMILES string of the molecule is CN1CCN(Cc2cn3c(n2)CN(C(=O)c2cccn2C)CC3)CC1.O=C(O)C(F)(F)F.O=C(O)C(F)(F)F. The van der Waals surface area contributed by atoms with Crippen LogP contribution in [-0.2, 0) is 36.3 Å². The first-order valence-electron chi connectivity index (χ1n) is 11.5. The minimum absolute atomic E-state index is 0.0855. The molecule has 39 heavy (non-hydrogen) atoms. The van der Waals surface area contributed by atoms with Crippen molar-refractivity contribution in [3.05, 3.63) is 41.7 Å². The fourth-order valence-corrected chi connectivity index (χ4v) is 3.64. The zero-order valence-electron chi connectivity index (χ0n) is 21.0. The van der Waals surface area contributed by atoms with Crippen molar-refractivity contribution in [1.29, 1.82) is 0 Å². The third-order valence-electron chi connectivity index (χ3n) is 5.77. The van der Waals surface area contributed by atoms with Crippen molar-refractivity contribution in [2.75, 3.05) is 39.8 Å². The molecule has 2 aromatic heterocycles. The molecule has 2 aliphatic heterocycles. The number of amides is 1. The summed E-state index contributed by atoms with van der Waals surface area (Å²) in [6, 6.07) is 3.79. The number of aromatic nitrogens is 3. The molecule has 0 aromatic carbocycles. The number of halogens is 6. The second-order valence-corrected chi connectivity index (χ2v) is 8.76.